The molecule has 1 aromatic carbocycles. The smallest absolute Gasteiger partial charge is 0.287 e. The van der Waals surface area contributed by atoms with Crippen molar-refractivity contribution >= 4 is 16.9 Å². The van der Waals surface area contributed by atoms with Gasteiger partial charge in [0.05, 0.1) is 18.8 Å². The largest absolute Gasteiger partial charge is 0.450 e. The molecule has 0 unspecified atom stereocenters. The van der Waals surface area contributed by atoms with Crippen LogP contribution in [0.2, 0.25) is 0 Å². The lowest BCUT2D eigenvalue weighted by Crippen LogP contribution is -2.41. The molecular weight excluding hydrogens is 294 g/mol. The van der Waals surface area contributed by atoms with E-state index >= 15 is 0 Å². The summed E-state index contributed by atoms with van der Waals surface area (Å²) in [6.07, 6.45) is 0. The Bertz CT molecular complexity index is 715. The molecule has 126 valence electrons. The third kappa shape index (κ3) is 3.74. The summed E-state index contributed by atoms with van der Waals surface area (Å²) >= 11 is 0. The van der Waals surface area contributed by atoms with E-state index in [2.05, 4.69) is 5.32 Å². The number of fused-ring (bicyclic) bond motifs is 1. The Morgan fingerprint density at radius 2 is 1.91 bits per heavy atom. The van der Waals surface area contributed by atoms with Gasteiger partial charge in [0.2, 0.25) is 0 Å². The van der Waals surface area contributed by atoms with E-state index in [1.54, 1.807) is 0 Å². The minimum absolute atomic E-state index is 0.0430. The first-order chi connectivity index (χ1) is 10.8. The van der Waals surface area contributed by atoms with Crippen LogP contribution >= 0.6 is 0 Å². The van der Waals surface area contributed by atoms with Crippen LogP contribution in [0.25, 0.3) is 11.0 Å². The van der Waals surface area contributed by atoms with Gasteiger partial charge in [0, 0.05) is 17.5 Å². The summed E-state index contributed by atoms with van der Waals surface area (Å²) in [5, 5.41) is 12.7. The van der Waals surface area contributed by atoms with Crippen LogP contribution in [-0.2, 0) is 4.74 Å². The summed E-state index contributed by atoms with van der Waals surface area (Å²) in [5.74, 6) is 0.0912. The first kappa shape index (κ1) is 17.5. The number of aliphatic hydroxyl groups excluding tert-OH is 1. The van der Waals surface area contributed by atoms with Crippen molar-refractivity contribution < 1.29 is 19.1 Å². The first-order valence-corrected chi connectivity index (χ1v) is 7.79. The molecule has 23 heavy (non-hydrogen) atoms. The van der Waals surface area contributed by atoms with Crippen molar-refractivity contribution in [1.29, 1.82) is 0 Å². The number of benzene rings is 1. The molecule has 1 aromatic heterocycles. The molecule has 0 saturated carbocycles. The number of aliphatic hydroxyl groups is 1. The van der Waals surface area contributed by atoms with E-state index in [1.807, 2.05) is 46.8 Å². The van der Waals surface area contributed by atoms with Crippen LogP contribution in [0.15, 0.2) is 16.5 Å². The number of furan rings is 1. The summed E-state index contributed by atoms with van der Waals surface area (Å²) in [7, 11) is 0. The Hall–Kier alpha value is -1.85. The summed E-state index contributed by atoms with van der Waals surface area (Å²) in [5.41, 5.74) is 3.18. The molecule has 0 aliphatic heterocycles. The van der Waals surface area contributed by atoms with E-state index in [1.165, 1.54) is 0 Å². The fourth-order valence-electron chi connectivity index (χ4n) is 2.64. The zero-order chi connectivity index (χ0) is 17.2. The molecule has 0 aliphatic carbocycles. The molecule has 0 fully saturated rings. The predicted molar refractivity (Wildman–Crippen MR) is 89.9 cm³/mol. The van der Waals surface area contributed by atoms with Gasteiger partial charge in [-0.3, -0.25) is 4.79 Å². The summed E-state index contributed by atoms with van der Waals surface area (Å²) in [6.45, 7) is 10.1. The van der Waals surface area contributed by atoms with Crippen LogP contribution < -0.4 is 5.32 Å². The van der Waals surface area contributed by atoms with Gasteiger partial charge in [-0.25, -0.2) is 0 Å². The molecule has 2 aromatic rings. The number of hydrogen-bond donors (Lipinski definition) is 2. The van der Waals surface area contributed by atoms with Crippen molar-refractivity contribution in [2.24, 2.45) is 0 Å². The molecule has 0 radical (unpaired) electrons. The highest BCUT2D eigenvalue weighted by molar-refractivity contribution is 6.00. The molecule has 0 saturated heterocycles. The lowest BCUT2D eigenvalue weighted by Gasteiger charge is -2.25. The van der Waals surface area contributed by atoms with E-state index in [0.29, 0.717) is 12.3 Å². The normalized spacial score (nSPS) is 11.9. The van der Waals surface area contributed by atoms with Crippen molar-refractivity contribution in [2.45, 2.75) is 40.2 Å². The Balaban J connectivity index is 2.21. The summed E-state index contributed by atoms with van der Waals surface area (Å²) < 4.78 is 11.3. The molecule has 2 rings (SSSR count). The predicted octanol–water partition coefficient (Wildman–Crippen LogP) is 2.88. The summed E-state index contributed by atoms with van der Waals surface area (Å²) in [6, 6.07) is 4.03. The highest BCUT2D eigenvalue weighted by Crippen LogP contribution is 2.30. The van der Waals surface area contributed by atoms with Crippen molar-refractivity contribution in [3.05, 3.63) is 34.6 Å². The second-order valence-corrected chi connectivity index (χ2v) is 6.47. The third-order valence-corrected chi connectivity index (χ3v) is 3.95. The molecule has 0 bridgehead atoms. The van der Waals surface area contributed by atoms with Crippen LogP contribution in [0.4, 0.5) is 0 Å². The Morgan fingerprint density at radius 3 is 2.52 bits per heavy atom. The van der Waals surface area contributed by atoms with Crippen LogP contribution in [0, 0.1) is 20.8 Å². The van der Waals surface area contributed by atoms with Gasteiger partial charge < -0.3 is 19.6 Å². The zero-order valence-corrected chi connectivity index (χ0v) is 14.4. The molecule has 0 atom stereocenters. The Labute approximate surface area is 136 Å². The van der Waals surface area contributed by atoms with E-state index in [9.17, 15) is 4.79 Å². The highest BCUT2D eigenvalue weighted by Gasteiger charge is 2.23. The third-order valence-electron chi connectivity index (χ3n) is 3.95. The number of carbonyl (C=O) groups excluding carboxylic acids is 1. The van der Waals surface area contributed by atoms with Crippen molar-refractivity contribution in [3.8, 4) is 0 Å². The molecular formula is C18H25NO4. The van der Waals surface area contributed by atoms with E-state index in [4.69, 9.17) is 14.3 Å². The van der Waals surface area contributed by atoms with Crippen LogP contribution in [0.1, 0.15) is 41.1 Å². The van der Waals surface area contributed by atoms with Crippen LogP contribution in [0.5, 0.6) is 0 Å². The highest BCUT2D eigenvalue weighted by atomic mass is 16.5. The number of amides is 1. The minimum Gasteiger partial charge on any atom is -0.450 e. The zero-order valence-electron chi connectivity index (χ0n) is 14.4. The van der Waals surface area contributed by atoms with E-state index in [-0.39, 0.29) is 19.1 Å². The van der Waals surface area contributed by atoms with Gasteiger partial charge in [-0.2, -0.15) is 0 Å². The average Bonchev–Trinajstić information content (AvgIpc) is 2.86. The standard InChI is InChI=1S/C18H25NO4/c1-11-6-7-12(2)15-14(11)13(3)16(23-15)17(21)19-10-18(4,5)22-9-8-20/h6-7,20H,8-10H2,1-5H3,(H,19,21). The maximum atomic E-state index is 12.5. The van der Waals surface area contributed by atoms with Gasteiger partial charge in [0.1, 0.15) is 5.58 Å². The lowest BCUT2D eigenvalue weighted by atomic mass is 10.0. The molecule has 5 nitrogen and oxygen atoms in total. The SMILES string of the molecule is Cc1ccc(C)c2c(C)c(C(=O)NCC(C)(C)OCCO)oc12. The topological polar surface area (TPSA) is 71.7 Å². The minimum atomic E-state index is -0.551. The molecule has 5 heteroatoms. The fourth-order valence-corrected chi connectivity index (χ4v) is 2.64. The van der Waals surface area contributed by atoms with Gasteiger partial charge >= 0.3 is 0 Å². The number of nitrogens with one attached hydrogen (secondary N) is 1. The first-order valence-electron chi connectivity index (χ1n) is 7.79. The van der Waals surface area contributed by atoms with Crippen LogP contribution in [-0.4, -0.2) is 36.4 Å². The average molecular weight is 319 g/mol. The van der Waals surface area contributed by atoms with Gasteiger partial charge in [-0.05, 0) is 45.7 Å². The number of rotatable bonds is 6. The second-order valence-electron chi connectivity index (χ2n) is 6.47. The monoisotopic (exact) mass is 319 g/mol. The Morgan fingerprint density at radius 1 is 1.26 bits per heavy atom. The maximum absolute atomic E-state index is 12.5. The Kier molecular flexibility index (Phi) is 5.12. The number of aryl methyl sites for hydroxylation is 3. The van der Waals surface area contributed by atoms with Gasteiger partial charge in [0.25, 0.3) is 5.91 Å². The van der Waals surface area contributed by atoms with Crippen molar-refractivity contribution in [1.82, 2.24) is 5.32 Å². The van der Waals surface area contributed by atoms with Gasteiger partial charge in [-0.1, -0.05) is 12.1 Å². The number of carbonyl (C=O) groups is 1. The second kappa shape index (κ2) is 6.72. The molecule has 0 spiro atoms. The van der Waals surface area contributed by atoms with Crippen molar-refractivity contribution in [3.63, 3.8) is 0 Å². The molecule has 1 amide bonds. The van der Waals surface area contributed by atoms with Crippen LogP contribution in [0.3, 0.4) is 0 Å². The molecule has 0 aliphatic rings. The lowest BCUT2D eigenvalue weighted by molar-refractivity contribution is -0.0308. The summed E-state index contributed by atoms with van der Waals surface area (Å²) in [4.78, 5) is 12.5. The van der Waals surface area contributed by atoms with Crippen molar-refractivity contribution in [2.75, 3.05) is 19.8 Å². The fraction of sp³-hybridized carbons (Fsp3) is 0.500. The molecule has 1 heterocycles. The quantitative estimate of drug-likeness (QED) is 0.859. The number of ether oxygens (including phenoxy) is 1. The van der Waals surface area contributed by atoms with E-state index < -0.39 is 5.60 Å². The van der Waals surface area contributed by atoms with Gasteiger partial charge in [-0.15, -0.1) is 0 Å². The maximum Gasteiger partial charge on any atom is 0.287 e. The number of hydrogen-bond acceptors (Lipinski definition) is 4. The van der Waals surface area contributed by atoms with E-state index in [0.717, 1.165) is 27.7 Å². The molecule has 2 N–H and O–H groups in total. The van der Waals surface area contributed by atoms with Gasteiger partial charge in [0.15, 0.2) is 5.76 Å².